The van der Waals surface area contributed by atoms with Gasteiger partial charge in [-0.25, -0.2) is 0 Å². The zero-order chi connectivity index (χ0) is 14.8. The van der Waals surface area contributed by atoms with Crippen molar-refractivity contribution in [2.75, 3.05) is 13.7 Å². The highest BCUT2D eigenvalue weighted by molar-refractivity contribution is 5.26. The first-order valence-electron chi connectivity index (χ1n) is 7.46. The van der Waals surface area contributed by atoms with Gasteiger partial charge in [-0.1, -0.05) is 30.7 Å². The molecule has 0 aliphatic rings. The van der Waals surface area contributed by atoms with Crippen LogP contribution in [-0.2, 0) is 11.3 Å². The van der Waals surface area contributed by atoms with Gasteiger partial charge in [0.05, 0.1) is 13.7 Å². The Labute approximate surface area is 123 Å². The molecule has 0 spiro atoms. The molecule has 1 unspecified atom stereocenters. The standard InChI is InChI=1S/C18H28O2/c1-15(2)6-5-7-16(3)12-13-20-14-17-8-10-18(19-4)11-9-17/h6,8-11,16H,5,7,12-14H2,1-4H3. The van der Waals surface area contributed by atoms with Crippen LogP contribution in [0.3, 0.4) is 0 Å². The summed E-state index contributed by atoms with van der Waals surface area (Å²) in [5.74, 6) is 1.61. The van der Waals surface area contributed by atoms with E-state index < -0.39 is 0 Å². The average Bonchev–Trinajstić information content (AvgIpc) is 2.44. The van der Waals surface area contributed by atoms with E-state index in [1.54, 1.807) is 7.11 Å². The molecule has 0 fully saturated rings. The molecule has 1 atom stereocenters. The van der Waals surface area contributed by atoms with Crippen LogP contribution in [0.2, 0.25) is 0 Å². The number of hydrogen-bond acceptors (Lipinski definition) is 2. The fourth-order valence-electron chi connectivity index (χ4n) is 2.00. The summed E-state index contributed by atoms with van der Waals surface area (Å²) in [5.41, 5.74) is 2.61. The van der Waals surface area contributed by atoms with Gasteiger partial charge in [0, 0.05) is 6.61 Å². The highest BCUT2D eigenvalue weighted by atomic mass is 16.5. The molecule has 1 aromatic rings. The first-order valence-corrected chi connectivity index (χ1v) is 7.46. The number of rotatable bonds is 9. The Morgan fingerprint density at radius 3 is 2.45 bits per heavy atom. The van der Waals surface area contributed by atoms with E-state index in [4.69, 9.17) is 9.47 Å². The van der Waals surface area contributed by atoms with Crippen molar-refractivity contribution in [3.63, 3.8) is 0 Å². The molecule has 0 aromatic heterocycles. The molecule has 0 bridgehead atoms. The Kier molecular flexibility index (Phi) is 8.05. The van der Waals surface area contributed by atoms with Crippen molar-refractivity contribution in [2.45, 2.75) is 46.6 Å². The van der Waals surface area contributed by atoms with Gasteiger partial charge < -0.3 is 9.47 Å². The Hall–Kier alpha value is -1.28. The second-order valence-electron chi connectivity index (χ2n) is 5.65. The monoisotopic (exact) mass is 276 g/mol. The maximum Gasteiger partial charge on any atom is 0.118 e. The molecule has 1 rings (SSSR count). The molecule has 2 heteroatoms. The number of benzene rings is 1. The lowest BCUT2D eigenvalue weighted by Gasteiger charge is -2.11. The maximum atomic E-state index is 5.74. The smallest absolute Gasteiger partial charge is 0.118 e. The van der Waals surface area contributed by atoms with Crippen LogP contribution < -0.4 is 4.74 Å². The Morgan fingerprint density at radius 1 is 1.15 bits per heavy atom. The highest BCUT2D eigenvalue weighted by Crippen LogP contribution is 2.14. The van der Waals surface area contributed by atoms with Gasteiger partial charge in [-0.2, -0.15) is 0 Å². The molecule has 0 aliphatic heterocycles. The summed E-state index contributed by atoms with van der Waals surface area (Å²) in [6, 6.07) is 8.05. The summed E-state index contributed by atoms with van der Waals surface area (Å²) in [5, 5.41) is 0. The summed E-state index contributed by atoms with van der Waals surface area (Å²) < 4.78 is 10.9. The molecule has 0 radical (unpaired) electrons. The second kappa shape index (κ2) is 9.60. The van der Waals surface area contributed by atoms with Gasteiger partial charge in [-0.15, -0.1) is 0 Å². The van der Waals surface area contributed by atoms with Crippen LogP contribution in [0.1, 0.15) is 45.6 Å². The van der Waals surface area contributed by atoms with Crippen molar-refractivity contribution in [1.29, 1.82) is 0 Å². The summed E-state index contributed by atoms with van der Waals surface area (Å²) in [4.78, 5) is 0. The summed E-state index contributed by atoms with van der Waals surface area (Å²) in [6.07, 6.45) is 5.88. The molecule has 0 aliphatic carbocycles. The van der Waals surface area contributed by atoms with Crippen LogP contribution in [-0.4, -0.2) is 13.7 Å². The molecular weight excluding hydrogens is 248 g/mol. The van der Waals surface area contributed by atoms with E-state index in [-0.39, 0.29) is 0 Å². The zero-order valence-corrected chi connectivity index (χ0v) is 13.3. The van der Waals surface area contributed by atoms with Gasteiger partial charge in [-0.05, 0) is 56.7 Å². The first-order chi connectivity index (χ1) is 9.61. The van der Waals surface area contributed by atoms with Crippen molar-refractivity contribution in [3.8, 4) is 5.75 Å². The van der Waals surface area contributed by atoms with E-state index in [1.165, 1.54) is 24.0 Å². The number of methoxy groups -OCH3 is 1. The third-order valence-electron chi connectivity index (χ3n) is 3.39. The Morgan fingerprint density at radius 2 is 1.85 bits per heavy atom. The predicted molar refractivity (Wildman–Crippen MR) is 85.1 cm³/mol. The van der Waals surface area contributed by atoms with Gasteiger partial charge in [0.1, 0.15) is 5.75 Å². The molecule has 112 valence electrons. The van der Waals surface area contributed by atoms with Gasteiger partial charge in [0.25, 0.3) is 0 Å². The van der Waals surface area contributed by atoms with Crippen molar-refractivity contribution >= 4 is 0 Å². The lowest BCUT2D eigenvalue weighted by atomic mass is 10.0. The SMILES string of the molecule is COc1ccc(COCCC(C)CCC=C(C)C)cc1. The van der Waals surface area contributed by atoms with Crippen LogP contribution in [0, 0.1) is 5.92 Å². The molecule has 0 saturated carbocycles. The van der Waals surface area contributed by atoms with E-state index in [1.807, 2.05) is 12.1 Å². The fraction of sp³-hybridized carbons (Fsp3) is 0.556. The van der Waals surface area contributed by atoms with E-state index >= 15 is 0 Å². The van der Waals surface area contributed by atoms with Crippen LogP contribution >= 0.6 is 0 Å². The normalized spacial score (nSPS) is 12.0. The molecule has 1 aromatic carbocycles. The lowest BCUT2D eigenvalue weighted by molar-refractivity contribution is 0.108. The molecular formula is C18H28O2. The molecule has 2 nitrogen and oxygen atoms in total. The Balaban J connectivity index is 2.12. The lowest BCUT2D eigenvalue weighted by Crippen LogP contribution is -2.02. The van der Waals surface area contributed by atoms with Crippen molar-refractivity contribution < 1.29 is 9.47 Å². The summed E-state index contributed by atoms with van der Waals surface area (Å²) >= 11 is 0. The van der Waals surface area contributed by atoms with Crippen LogP contribution in [0.4, 0.5) is 0 Å². The molecule has 20 heavy (non-hydrogen) atoms. The average molecular weight is 276 g/mol. The van der Waals surface area contributed by atoms with Crippen molar-refractivity contribution in [2.24, 2.45) is 5.92 Å². The second-order valence-corrected chi connectivity index (χ2v) is 5.65. The van der Waals surface area contributed by atoms with E-state index in [2.05, 4.69) is 39.0 Å². The van der Waals surface area contributed by atoms with Crippen LogP contribution in [0.25, 0.3) is 0 Å². The van der Waals surface area contributed by atoms with E-state index in [0.29, 0.717) is 6.61 Å². The van der Waals surface area contributed by atoms with Gasteiger partial charge >= 0.3 is 0 Å². The van der Waals surface area contributed by atoms with Crippen LogP contribution in [0.5, 0.6) is 5.75 Å². The van der Waals surface area contributed by atoms with Crippen LogP contribution in [0.15, 0.2) is 35.9 Å². The fourth-order valence-corrected chi connectivity index (χ4v) is 2.00. The van der Waals surface area contributed by atoms with Crippen molar-refractivity contribution in [1.82, 2.24) is 0 Å². The maximum absolute atomic E-state index is 5.74. The number of hydrogen-bond donors (Lipinski definition) is 0. The van der Waals surface area contributed by atoms with Gasteiger partial charge in [-0.3, -0.25) is 0 Å². The summed E-state index contributed by atoms with van der Waals surface area (Å²) in [6.45, 7) is 8.13. The zero-order valence-electron chi connectivity index (χ0n) is 13.3. The first kappa shape index (κ1) is 16.8. The highest BCUT2D eigenvalue weighted by Gasteiger charge is 2.01. The minimum atomic E-state index is 0.685. The quantitative estimate of drug-likeness (QED) is 0.467. The molecule has 0 N–H and O–H groups in total. The molecule has 0 heterocycles. The predicted octanol–water partition coefficient (Wildman–Crippen LogP) is 4.98. The van der Waals surface area contributed by atoms with Gasteiger partial charge in [0.15, 0.2) is 0 Å². The van der Waals surface area contributed by atoms with Crippen molar-refractivity contribution in [3.05, 3.63) is 41.5 Å². The third-order valence-corrected chi connectivity index (χ3v) is 3.39. The van der Waals surface area contributed by atoms with Gasteiger partial charge in [0.2, 0.25) is 0 Å². The minimum absolute atomic E-state index is 0.685. The largest absolute Gasteiger partial charge is 0.497 e. The third kappa shape index (κ3) is 7.34. The minimum Gasteiger partial charge on any atom is -0.497 e. The number of ether oxygens (including phenoxy) is 2. The topological polar surface area (TPSA) is 18.5 Å². The number of allylic oxidation sites excluding steroid dienone is 2. The molecule has 0 amide bonds. The van der Waals surface area contributed by atoms with E-state index in [9.17, 15) is 0 Å². The molecule has 0 saturated heterocycles. The summed E-state index contributed by atoms with van der Waals surface area (Å²) in [7, 11) is 1.68. The Bertz CT molecular complexity index is 388. The van der Waals surface area contributed by atoms with E-state index in [0.717, 1.165) is 24.7 Å².